The van der Waals surface area contributed by atoms with Crippen LogP contribution in [0.5, 0.6) is 17.2 Å². The molecule has 0 bridgehead atoms. The molecule has 1 saturated carbocycles. The Morgan fingerprint density at radius 1 is 1.04 bits per heavy atom. The Kier molecular flexibility index (Phi) is 6.50. The van der Waals surface area contributed by atoms with Gasteiger partial charge in [0.1, 0.15) is 0 Å². The molecule has 138 valence electrons. The number of hydrogen-bond donors (Lipinski definition) is 2. The lowest BCUT2D eigenvalue weighted by Crippen LogP contribution is -2.39. The fourth-order valence-electron chi connectivity index (χ4n) is 3.19. The van der Waals surface area contributed by atoms with Gasteiger partial charge in [-0.15, -0.1) is 0 Å². The van der Waals surface area contributed by atoms with Crippen molar-refractivity contribution in [2.24, 2.45) is 5.92 Å². The van der Waals surface area contributed by atoms with Gasteiger partial charge in [-0.3, -0.25) is 9.59 Å². The normalized spacial score (nSPS) is 19.8. The van der Waals surface area contributed by atoms with Gasteiger partial charge in [-0.05, 0) is 43.4 Å². The molecule has 0 aliphatic heterocycles. The van der Waals surface area contributed by atoms with Crippen molar-refractivity contribution in [2.75, 3.05) is 21.3 Å². The average molecular weight is 351 g/mol. The van der Waals surface area contributed by atoms with Crippen LogP contribution in [0.3, 0.4) is 0 Å². The van der Waals surface area contributed by atoms with E-state index in [1.807, 2.05) is 0 Å². The van der Waals surface area contributed by atoms with Crippen LogP contribution in [0.1, 0.15) is 31.2 Å². The molecule has 0 spiro atoms. The zero-order chi connectivity index (χ0) is 18.4. The fraction of sp³-hybridized carbons (Fsp3) is 0.556. The number of nitrogens with one attached hydrogen (secondary N) is 1. The molecule has 0 heterocycles. The Labute approximate surface area is 147 Å². The summed E-state index contributed by atoms with van der Waals surface area (Å²) in [5, 5.41) is 12.0. The summed E-state index contributed by atoms with van der Waals surface area (Å²) in [4.78, 5) is 23.3. The zero-order valence-electron chi connectivity index (χ0n) is 14.8. The predicted octanol–water partition coefficient (Wildman–Crippen LogP) is 2.01. The molecule has 1 aromatic rings. The second-order valence-electron chi connectivity index (χ2n) is 6.16. The molecule has 2 rings (SSSR count). The van der Waals surface area contributed by atoms with Crippen molar-refractivity contribution >= 4 is 11.9 Å². The number of benzene rings is 1. The molecular formula is C18H25NO6. The summed E-state index contributed by atoms with van der Waals surface area (Å²) in [7, 11) is 4.59. The Balaban J connectivity index is 1.98. The molecule has 0 radical (unpaired) electrons. The van der Waals surface area contributed by atoms with Crippen molar-refractivity contribution in [1.29, 1.82) is 0 Å². The van der Waals surface area contributed by atoms with E-state index in [1.165, 1.54) is 21.3 Å². The molecule has 1 aliphatic rings. The van der Waals surface area contributed by atoms with Crippen LogP contribution in [0, 0.1) is 5.92 Å². The van der Waals surface area contributed by atoms with Crippen LogP contribution in [0.15, 0.2) is 12.1 Å². The van der Waals surface area contributed by atoms with E-state index in [4.69, 9.17) is 19.3 Å². The fourth-order valence-corrected chi connectivity index (χ4v) is 3.19. The molecule has 25 heavy (non-hydrogen) atoms. The number of amides is 1. The minimum atomic E-state index is -0.748. The van der Waals surface area contributed by atoms with Crippen LogP contribution in [0.2, 0.25) is 0 Å². The molecular weight excluding hydrogens is 326 g/mol. The van der Waals surface area contributed by atoms with E-state index in [1.54, 1.807) is 12.1 Å². The van der Waals surface area contributed by atoms with Crippen molar-refractivity contribution in [3.63, 3.8) is 0 Å². The molecule has 1 aliphatic carbocycles. The summed E-state index contributed by atoms with van der Waals surface area (Å²) in [6.07, 6.45) is 2.78. The highest BCUT2D eigenvalue weighted by atomic mass is 16.5. The number of carbonyl (C=O) groups excluding carboxylic acids is 1. The van der Waals surface area contributed by atoms with Crippen molar-refractivity contribution in [2.45, 2.75) is 38.1 Å². The summed E-state index contributed by atoms with van der Waals surface area (Å²) in [5.41, 5.74) is 0.756. The molecule has 1 fully saturated rings. The van der Waals surface area contributed by atoms with Crippen LogP contribution in [-0.2, 0) is 16.0 Å². The lowest BCUT2D eigenvalue weighted by molar-refractivity contribution is -0.142. The minimum Gasteiger partial charge on any atom is -0.493 e. The van der Waals surface area contributed by atoms with E-state index < -0.39 is 5.97 Å². The first-order chi connectivity index (χ1) is 12.0. The van der Waals surface area contributed by atoms with E-state index in [9.17, 15) is 9.59 Å². The van der Waals surface area contributed by atoms with Crippen LogP contribution in [0.25, 0.3) is 0 Å². The van der Waals surface area contributed by atoms with E-state index in [0.717, 1.165) is 5.56 Å². The Hall–Kier alpha value is -2.44. The number of rotatable bonds is 7. The number of carbonyl (C=O) groups is 2. The second-order valence-corrected chi connectivity index (χ2v) is 6.16. The number of aliphatic carboxylic acids is 1. The van der Waals surface area contributed by atoms with Crippen molar-refractivity contribution < 1.29 is 28.9 Å². The van der Waals surface area contributed by atoms with Gasteiger partial charge in [0.25, 0.3) is 0 Å². The molecule has 0 unspecified atom stereocenters. The molecule has 2 N–H and O–H groups in total. The first-order valence-corrected chi connectivity index (χ1v) is 8.29. The standard InChI is InChI=1S/C18H25NO6/c1-23-14-8-11(9-15(24-2)17(14)25-3)10-16(20)19-13-6-4-12(5-7-13)18(21)22/h8-9,12-13H,4-7,10H2,1-3H3,(H,19,20)(H,21,22). The molecule has 0 atom stereocenters. The zero-order valence-corrected chi connectivity index (χ0v) is 14.8. The third-order valence-electron chi connectivity index (χ3n) is 4.53. The monoisotopic (exact) mass is 351 g/mol. The van der Waals surface area contributed by atoms with E-state index >= 15 is 0 Å². The van der Waals surface area contributed by atoms with Gasteiger partial charge < -0.3 is 24.6 Å². The summed E-state index contributed by atoms with van der Waals surface area (Å²) in [6, 6.07) is 3.54. The van der Waals surface area contributed by atoms with Gasteiger partial charge in [-0.1, -0.05) is 0 Å². The van der Waals surface area contributed by atoms with Crippen LogP contribution >= 0.6 is 0 Å². The summed E-state index contributed by atoms with van der Waals surface area (Å²) in [6.45, 7) is 0. The quantitative estimate of drug-likeness (QED) is 0.780. The topological polar surface area (TPSA) is 94.1 Å². The molecule has 7 heteroatoms. The summed E-state index contributed by atoms with van der Waals surface area (Å²) < 4.78 is 15.9. The highest BCUT2D eigenvalue weighted by Crippen LogP contribution is 2.38. The number of ether oxygens (including phenoxy) is 3. The van der Waals surface area contributed by atoms with Gasteiger partial charge in [0.2, 0.25) is 11.7 Å². The SMILES string of the molecule is COc1cc(CC(=O)NC2CCC(C(=O)O)CC2)cc(OC)c1OC. The van der Waals surface area contributed by atoms with Gasteiger partial charge in [0.15, 0.2) is 11.5 Å². The predicted molar refractivity (Wildman–Crippen MR) is 91.3 cm³/mol. The molecule has 1 amide bonds. The lowest BCUT2D eigenvalue weighted by atomic mass is 9.86. The second kappa shape index (κ2) is 8.60. The summed E-state index contributed by atoms with van der Waals surface area (Å²) >= 11 is 0. The highest BCUT2D eigenvalue weighted by molar-refractivity contribution is 5.79. The first-order valence-electron chi connectivity index (χ1n) is 8.29. The highest BCUT2D eigenvalue weighted by Gasteiger charge is 2.26. The molecule has 0 saturated heterocycles. The van der Waals surface area contributed by atoms with Gasteiger partial charge >= 0.3 is 5.97 Å². The lowest BCUT2D eigenvalue weighted by Gasteiger charge is -2.26. The Morgan fingerprint density at radius 3 is 2.04 bits per heavy atom. The Morgan fingerprint density at radius 2 is 1.60 bits per heavy atom. The number of carboxylic acids is 1. The van der Waals surface area contributed by atoms with E-state index in [2.05, 4.69) is 5.32 Å². The van der Waals surface area contributed by atoms with Crippen LogP contribution in [-0.4, -0.2) is 44.4 Å². The average Bonchev–Trinajstić information content (AvgIpc) is 2.61. The maximum absolute atomic E-state index is 12.3. The number of carboxylic acid groups (broad SMARTS) is 1. The van der Waals surface area contributed by atoms with Gasteiger partial charge in [-0.2, -0.15) is 0 Å². The summed E-state index contributed by atoms with van der Waals surface area (Å²) in [5.74, 6) is 0.359. The first kappa shape index (κ1) is 18.9. The maximum atomic E-state index is 12.3. The molecule has 7 nitrogen and oxygen atoms in total. The molecule has 0 aromatic heterocycles. The Bertz CT molecular complexity index is 597. The van der Waals surface area contributed by atoms with Crippen molar-refractivity contribution in [1.82, 2.24) is 5.32 Å². The smallest absolute Gasteiger partial charge is 0.306 e. The number of methoxy groups -OCH3 is 3. The maximum Gasteiger partial charge on any atom is 0.306 e. The van der Waals surface area contributed by atoms with Crippen molar-refractivity contribution in [3.8, 4) is 17.2 Å². The van der Waals surface area contributed by atoms with Crippen LogP contribution in [0.4, 0.5) is 0 Å². The van der Waals surface area contributed by atoms with Gasteiger partial charge in [0.05, 0.1) is 33.7 Å². The van der Waals surface area contributed by atoms with Gasteiger partial charge in [0, 0.05) is 6.04 Å². The molecule has 1 aromatic carbocycles. The minimum absolute atomic E-state index is 0.0325. The van der Waals surface area contributed by atoms with E-state index in [0.29, 0.717) is 42.9 Å². The number of hydrogen-bond acceptors (Lipinski definition) is 5. The third-order valence-corrected chi connectivity index (χ3v) is 4.53. The van der Waals surface area contributed by atoms with E-state index in [-0.39, 0.29) is 24.3 Å². The third kappa shape index (κ3) is 4.78. The van der Waals surface area contributed by atoms with Crippen LogP contribution < -0.4 is 19.5 Å². The largest absolute Gasteiger partial charge is 0.493 e. The van der Waals surface area contributed by atoms with Crippen molar-refractivity contribution in [3.05, 3.63) is 17.7 Å². The van der Waals surface area contributed by atoms with Gasteiger partial charge in [-0.25, -0.2) is 0 Å².